The average Bonchev–Trinajstić information content (AvgIpc) is 3.13. The van der Waals surface area contributed by atoms with Crippen LogP contribution in [0.5, 0.6) is 5.75 Å². The maximum absolute atomic E-state index is 12.1. The lowest BCUT2D eigenvalue weighted by atomic mass is 10.2. The number of aromatic nitrogens is 2. The summed E-state index contributed by atoms with van der Waals surface area (Å²) in [6.45, 7) is 0.443. The van der Waals surface area contributed by atoms with E-state index in [1.807, 2.05) is 30.5 Å². The Morgan fingerprint density at radius 2 is 1.96 bits per heavy atom. The third-order valence-corrected chi connectivity index (χ3v) is 3.60. The number of benzene rings is 2. The lowest BCUT2D eigenvalue weighted by Crippen LogP contribution is -2.20. The number of nitrogens with one attached hydrogen (secondary N) is 1. The highest BCUT2D eigenvalue weighted by molar-refractivity contribution is 5.93. The normalized spacial score (nSPS) is 10.3. The smallest absolute Gasteiger partial charge is 0.262 e. The fourth-order valence-corrected chi connectivity index (χ4v) is 2.41. The molecule has 0 unspecified atom stereocenters. The molecule has 0 aliphatic carbocycles. The molecule has 2 aromatic carbocycles. The predicted molar refractivity (Wildman–Crippen MR) is 96.9 cm³/mol. The molecule has 0 saturated carbocycles. The molecule has 0 spiro atoms. The molecule has 7 nitrogen and oxygen atoms in total. The van der Waals surface area contributed by atoms with Gasteiger partial charge in [-0.3, -0.25) is 14.3 Å². The Bertz CT molecular complexity index is 907. The van der Waals surface area contributed by atoms with Crippen LogP contribution in [0.3, 0.4) is 0 Å². The Kier molecular flexibility index (Phi) is 5.28. The van der Waals surface area contributed by atoms with Gasteiger partial charge in [-0.25, -0.2) is 0 Å². The molecule has 26 heavy (non-hydrogen) atoms. The number of amides is 2. The van der Waals surface area contributed by atoms with Gasteiger partial charge in [-0.05, 0) is 42.0 Å². The number of hydrogen-bond donors (Lipinski definition) is 2. The summed E-state index contributed by atoms with van der Waals surface area (Å²) in [7, 11) is 0. The summed E-state index contributed by atoms with van der Waals surface area (Å²) in [6, 6.07) is 15.8. The summed E-state index contributed by atoms with van der Waals surface area (Å²) < 4.78 is 7.21. The van der Waals surface area contributed by atoms with Crippen LogP contribution in [-0.4, -0.2) is 28.2 Å². The van der Waals surface area contributed by atoms with Crippen molar-refractivity contribution >= 4 is 17.5 Å². The number of rotatable bonds is 7. The minimum atomic E-state index is -0.547. The monoisotopic (exact) mass is 350 g/mol. The van der Waals surface area contributed by atoms with Crippen LogP contribution in [0.2, 0.25) is 0 Å². The van der Waals surface area contributed by atoms with Crippen LogP contribution in [0, 0.1) is 0 Å². The van der Waals surface area contributed by atoms with Gasteiger partial charge >= 0.3 is 0 Å². The maximum atomic E-state index is 12.1. The molecule has 0 atom stereocenters. The average molecular weight is 350 g/mol. The van der Waals surface area contributed by atoms with Gasteiger partial charge < -0.3 is 15.8 Å². The lowest BCUT2D eigenvalue weighted by Gasteiger charge is -2.09. The molecular formula is C19H18N4O3. The molecule has 1 aromatic heterocycles. The number of anilines is 1. The zero-order valence-corrected chi connectivity index (χ0v) is 14.0. The number of nitrogens with two attached hydrogens (primary N) is 1. The minimum Gasteiger partial charge on any atom is -0.484 e. The Balaban J connectivity index is 1.56. The van der Waals surface area contributed by atoms with Crippen molar-refractivity contribution in [2.45, 2.75) is 6.54 Å². The van der Waals surface area contributed by atoms with Crippen molar-refractivity contribution in [1.82, 2.24) is 9.78 Å². The first-order chi connectivity index (χ1) is 12.6. The second kappa shape index (κ2) is 7.98. The zero-order valence-electron chi connectivity index (χ0n) is 14.0. The highest BCUT2D eigenvalue weighted by atomic mass is 16.5. The summed E-state index contributed by atoms with van der Waals surface area (Å²) in [4.78, 5) is 23.2. The van der Waals surface area contributed by atoms with Gasteiger partial charge in [0.15, 0.2) is 6.61 Å². The van der Waals surface area contributed by atoms with Gasteiger partial charge in [0.2, 0.25) is 5.91 Å². The van der Waals surface area contributed by atoms with E-state index in [0.717, 1.165) is 5.56 Å². The molecular weight excluding hydrogens is 332 g/mol. The minimum absolute atomic E-state index is 0.175. The van der Waals surface area contributed by atoms with Gasteiger partial charge in [0.25, 0.3) is 5.91 Å². The third-order valence-electron chi connectivity index (χ3n) is 3.60. The number of nitrogens with zero attached hydrogens (tertiary/aromatic N) is 2. The summed E-state index contributed by atoms with van der Waals surface area (Å²) in [6.07, 6.45) is 3.59. The van der Waals surface area contributed by atoms with Gasteiger partial charge in [0.1, 0.15) is 5.75 Å². The predicted octanol–water partition coefficient (Wildman–Crippen LogP) is 2.05. The molecule has 0 radical (unpaired) electrons. The summed E-state index contributed by atoms with van der Waals surface area (Å²) in [5.74, 6) is -0.441. The van der Waals surface area contributed by atoms with E-state index in [9.17, 15) is 9.59 Å². The van der Waals surface area contributed by atoms with Gasteiger partial charge in [-0.1, -0.05) is 18.2 Å². The van der Waals surface area contributed by atoms with Crippen molar-refractivity contribution in [3.63, 3.8) is 0 Å². The van der Waals surface area contributed by atoms with Gasteiger partial charge in [-0.2, -0.15) is 5.10 Å². The van der Waals surface area contributed by atoms with Crippen LogP contribution in [0.15, 0.2) is 67.0 Å². The van der Waals surface area contributed by atoms with E-state index in [-0.39, 0.29) is 12.5 Å². The SMILES string of the molecule is NC(=O)c1cccc(OCC(=O)Nc2cccc(Cn3cccn3)c2)c1. The van der Waals surface area contributed by atoms with E-state index in [2.05, 4.69) is 10.4 Å². The van der Waals surface area contributed by atoms with Crippen LogP contribution in [-0.2, 0) is 11.3 Å². The summed E-state index contributed by atoms with van der Waals surface area (Å²) in [5, 5.41) is 6.95. The second-order valence-corrected chi connectivity index (χ2v) is 5.63. The molecule has 0 saturated heterocycles. The first-order valence-electron chi connectivity index (χ1n) is 7.99. The first kappa shape index (κ1) is 17.2. The van der Waals surface area contributed by atoms with Crippen molar-refractivity contribution in [3.8, 4) is 5.75 Å². The number of hydrogen-bond acceptors (Lipinski definition) is 4. The molecule has 132 valence electrons. The van der Waals surface area contributed by atoms with Gasteiger partial charge in [0.05, 0.1) is 6.54 Å². The highest BCUT2D eigenvalue weighted by Gasteiger charge is 2.07. The number of primary amides is 1. The quantitative estimate of drug-likeness (QED) is 0.681. The highest BCUT2D eigenvalue weighted by Crippen LogP contribution is 2.14. The van der Waals surface area contributed by atoms with Crippen LogP contribution in [0.1, 0.15) is 15.9 Å². The fraction of sp³-hybridized carbons (Fsp3) is 0.105. The van der Waals surface area contributed by atoms with E-state index in [4.69, 9.17) is 10.5 Å². The molecule has 3 N–H and O–H groups in total. The van der Waals surface area contributed by atoms with Gasteiger partial charge in [-0.15, -0.1) is 0 Å². The van der Waals surface area contributed by atoms with Crippen LogP contribution in [0.4, 0.5) is 5.69 Å². The van der Waals surface area contributed by atoms with E-state index in [1.165, 1.54) is 6.07 Å². The molecule has 2 amide bonds. The largest absolute Gasteiger partial charge is 0.484 e. The summed E-state index contributed by atoms with van der Waals surface area (Å²) >= 11 is 0. The number of carbonyl (C=O) groups is 2. The molecule has 7 heteroatoms. The Morgan fingerprint density at radius 1 is 1.12 bits per heavy atom. The molecule has 1 heterocycles. The third kappa shape index (κ3) is 4.70. The van der Waals surface area contributed by atoms with Crippen molar-refractivity contribution in [2.24, 2.45) is 5.73 Å². The first-order valence-corrected chi connectivity index (χ1v) is 7.99. The second-order valence-electron chi connectivity index (χ2n) is 5.63. The molecule has 3 rings (SSSR count). The topological polar surface area (TPSA) is 99.2 Å². The Hall–Kier alpha value is -3.61. The van der Waals surface area contributed by atoms with E-state index < -0.39 is 5.91 Å². The van der Waals surface area contributed by atoms with E-state index in [1.54, 1.807) is 35.1 Å². The van der Waals surface area contributed by atoms with Crippen LogP contribution < -0.4 is 15.8 Å². The number of ether oxygens (including phenoxy) is 1. The standard InChI is InChI=1S/C19H18N4O3/c20-19(25)15-5-2-7-17(11-15)26-13-18(24)22-16-6-1-4-14(10-16)12-23-9-3-8-21-23/h1-11H,12-13H2,(H2,20,25)(H,22,24). The molecule has 0 bridgehead atoms. The van der Waals surface area contributed by atoms with Crippen LogP contribution >= 0.6 is 0 Å². The molecule has 0 aliphatic heterocycles. The van der Waals surface area contributed by atoms with Crippen LogP contribution in [0.25, 0.3) is 0 Å². The Labute approximate surface area is 150 Å². The van der Waals surface area contributed by atoms with Crippen molar-refractivity contribution in [2.75, 3.05) is 11.9 Å². The molecule has 0 aliphatic rings. The fourth-order valence-electron chi connectivity index (χ4n) is 2.41. The maximum Gasteiger partial charge on any atom is 0.262 e. The Morgan fingerprint density at radius 3 is 2.73 bits per heavy atom. The van der Waals surface area contributed by atoms with E-state index in [0.29, 0.717) is 23.5 Å². The van der Waals surface area contributed by atoms with E-state index >= 15 is 0 Å². The van der Waals surface area contributed by atoms with Crippen molar-refractivity contribution in [3.05, 3.63) is 78.1 Å². The van der Waals surface area contributed by atoms with Crippen molar-refractivity contribution < 1.29 is 14.3 Å². The van der Waals surface area contributed by atoms with Crippen molar-refractivity contribution in [1.29, 1.82) is 0 Å². The van der Waals surface area contributed by atoms with Gasteiger partial charge in [0, 0.05) is 23.6 Å². The lowest BCUT2D eigenvalue weighted by molar-refractivity contribution is -0.118. The summed E-state index contributed by atoms with van der Waals surface area (Å²) in [5.41, 5.74) is 7.24. The zero-order chi connectivity index (χ0) is 18.4. The number of carbonyl (C=O) groups excluding carboxylic acids is 2. The molecule has 3 aromatic rings. The molecule has 0 fully saturated rings.